The summed E-state index contributed by atoms with van der Waals surface area (Å²) in [6, 6.07) is 1.82. The van der Waals surface area contributed by atoms with Crippen LogP contribution in [0.5, 0.6) is 0 Å². The maximum Gasteiger partial charge on any atom is 0.230 e. The summed E-state index contributed by atoms with van der Waals surface area (Å²) in [6.07, 6.45) is 0.626. The largest absolute Gasteiger partial charge is 0.292 e. The number of hydrogen-bond donors (Lipinski definition) is 0. The van der Waals surface area contributed by atoms with Gasteiger partial charge in [-0.1, -0.05) is 13.8 Å². The molecule has 0 atom stereocenters. The molecule has 0 aliphatic carbocycles. The molecule has 1 saturated heterocycles. The number of rotatable bonds is 3. The molecule has 0 aromatic carbocycles. The third kappa shape index (κ3) is 2.98. The highest BCUT2D eigenvalue weighted by atomic mass is 32.1. The zero-order chi connectivity index (χ0) is 15.1. The number of likely N-dealkylation sites (tertiary alicyclic amines) is 1. The highest BCUT2D eigenvalue weighted by Gasteiger charge is 2.38. The van der Waals surface area contributed by atoms with E-state index in [-0.39, 0.29) is 29.6 Å². The third-order valence-electron chi connectivity index (χ3n) is 3.50. The Bertz CT molecular complexity index is 566. The summed E-state index contributed by atoms with van der Waals surface area (Å²) in [5.74, 6) is -0.651. The molecular formula is C15H19NO3S. The zero-order valence-electron chi connectivity index (χ0n) is 12.3. The van der Waals surface area contributed by atoms with Crippen molar-refractivity contribution in [2.45, 2.75) is 40.5 Å². The predicted molar refractivity (Wildman–Crippen MR) is 77.9 cm³/mol. The summed E-state index contributed by atoms with van der Waals surface area (Å²) >= 11 is 1.55. The van der Waals surface area contributed by atoms with Gasteiger partial charge in [-0.3, -0.25) is 19.3 Å². The molecule has 1 aromatic heterocycles. The predicted octanol–water partition coefficient (Wildman–Crippen LogP) is 2.72. The first-order valence-corrected chi connectivity index (χ1v) is 7.45. The Hall–Kier alpha value is -1.49. The van der Waals surface area contributed by atoms with Gasteiger partial charge in [0.1, 0.15) is 0 Å². The van der Waals surface area contributed by atoms with Gasteiger partial charge in [-0.15, -0.1) is 11.3 Å². The van der Waals surface area contributed by atoms with Crippen LogP contribution in [0.3, 0.4) is 0 Å². The van der Waals surface area contributed by atoms with E-state index in [1.54, 1.807) is 11.3 Å². The van der Waals surface area contributed by atoms with Crippen molar-refractivity contribution in [2.75, 3.05) is 6.54 Å². The molecule has 0 radical (unpaired) electrons. The summed E-state index contributed by atoms with van der Waals surface area (Å²) in [6.45, 7) is 7.48. The first-order valence-electron chi connectivity index (χ1n) is 6.63. The number of carbonyl (C=O) groups is 3. The lowest BCUT2D eigenvalue weighted by molar-refractivity contribution is -0.151. The highest BCUT2D eigenvalue weighted by Crippen LogP contribution is 2.31. The van der Waals surface area contributed by atoms with E-state index >= 15 is 0 Å². The van der Waals surface area contributed by atoms with Gasteiger partial charge < -0.3 is 0 Å². The molecule has 2 amide bonds. The lowest BCUT2D eigenvalue weighted by atomic mass is 9.81. The molecule has 0 bridgehead atoms. The number of aryl methyl sites for hydroxylation is 2. The Morgan fingerprint density at radius 1 is 1.25 bits per heavy atom. The van der Waals surface area contributed by atoms with Crippen LogP contribution in [0.15, 0.2) is 6.07 Å². The molecule has 1 aliphatic heterocycles. The van der Waals surface area contributed by atoms with Crippen molar-refractivity contribution in [2.24, 2.45) is 5.41 Å². The van der Waals surface area contributed by atoms with Crippen molar-refractivity contribution in [1.82, 2.24) is 4.90 Å². The van der Waals surface area contributed by atoms with Gasteiger partial charge >= 0.3 is 0 Å². The topological polar surface area (TPSA) is 54.5 Å². The molecule has 108 valence electrons. The van der Waals surface area contributed by atoms with E-state index in [1.165, 1.54) is 0 Å². The van der Waals surface area contributed by atoms with Crippen LogP contribution in [0.1, 0.15) is 46.8 Å². The van der Waals surface area contributed by atoms with E-state index in [0.29, 0.717) is 18.4 Å². The van der Waals surface area contributed by atoms with E-state index in [9.17, 15) is 14.4 Å². The van der Waals surface area contributed by atoms with E-state index in [2.05, 4.69) is 0 Å². The summed E-state index contributed by atoms with van der Waals surface area (Å²) in [7, 11) is 0. The van der Waals surface area contributed by atoms with Crippen LogP contribution in [0.4, 0.5) is 0 Å². The number of piperidine rings is 1. The molecular weight excluding hydrogens is 274 g/mol. The number of imide groups is 1. The fourth-order valence-electron chi connectivity index (χ4n) is 2.52. The van der Waals surface area contributed by atoms with Gasteiger partial charge in [0, 0.05) is 28.2 Å². The second-order valence-corrected chi connectivity index (χ2v) is 7.60. The van der Waals surface area contributed by atoms with Crippen LogP contribution < -0.4 is 0 Å². The van der Waals surface area contributed by atoms with E-state index in [0.717, 1.165) is 14.7 Å². The van der Waals surface area contributed by atoms with Crippen LogP contribution in [0, 0.1) is 19.3 Å². The lowest BCUT2D eigenvalue weighted by Gasteiger charge is -2.34. The fourth-order valence-corrected chi connectivity index (χ4v) is 3.47. The van der Waals surface area contributed by atoms with Gasteiger partial charge in [0.15, 0.2) is 5.78 Å². The van der Waals surface area contributed by atoms with Crippen LogP contribution >= 0.6 is 11.3 Å². The van der Waals surface area contributed by atoms with Gasteiger partial charge in [0.25, 0.3) is 0 Å². The van der Waals surface area contributed by atoms with Gasteiger partial charge in [0.2, 0.25) is 11.8 Å². The average Bonchev–Trinajstić information content (AvgIpc) is 2.61. The second-order valence-electron chi connectivity index (χ2n) is 6.14. The number of carbonyl (C=O) groups excluding carboxylic acids is 3. The number of Topliss-reactive ketones (excluding diaryl/α,β-unsaturated/α-hetero) is 1. The maximum absolute atomic E-state index is 12.3. The van der Waals surface area contributed by atoms with Crippen LogP contribution in [-0.4, -0.2) is 29.0 Å². The van der Waals surface area contributed by atoms with Crippen molar-refractivity contribution < 1.29 is 14.4 Å². The maximum atomic E-state index is 12.3. The van der Waals surface area contributed by atoms with E-state index in [1.807, 2.05) is 33.8 Å². The molecule has 0 N–H and O–H groups in total. The van der Waals surface area contributed by atoms with Crippen molar-refractivity contribution in [3.8, 4) is 0 Å². The van der Waals surface area contributed by atoms with Crippen LogP contribution in [0.25, 0.3) is 0 Å². The molecule has 1 aliphatic rings. The van der Waals surface area contributed by atoms with Crippen LogP contribution in [0.2, 0.25) is 0 Å². The molecule has 20 heavy (non-hydrogen) atoms. The van der Waals surface area contributed by atoms with Crippen LogP contribution in [-0.2, 0) is 9.59 Å². The SMILES string of the molecule is Cc1cc(C(=O)CN2C(=O)CC(C)(C)CC2=O)c(C)s1. The molecule has 1 fully saturated rings. The molecule has 2 rings (SSSR count). The number of hydrogen-bond acceptors (Lipinski definition) is 4. The second kappa shape index (κ2) is 5.13. The molecule has 0 spiro atoms. The molecule has 4 nitrogen and oxygen atoms in total. The quantitative estimate of drug-likeness (QED) is 0.636. The van der Waals surface area contributed by atoms with E-state index in [4.69, 9.17) is 0 Å². The van der Waals surface area contributed by atoms with Crippen molar-refractivity contribution >= 4 is 28.9 Å². The standard InChI is InChI=1S/C15H19NO3S/c1-9-5-11(10(2)20-9)12(17)8-16-13(18)6-15(3,4)7-14(16)19/h5H,6-8H2,1-4H3. The van der Waals surface area contributed by atoms with Crippen molar-refractivity contribution in [3.63, 3.8) is 0 Å². The van der Waals surface area contributed by atoms with Gasteiger partial charge in [-0.25, -0.2) is 0 Å². The Morgan fingerprint density at radius 2 is 1.80 bits per heavy atom. The first kappa shape index (κ1) is 14.9. The Balaban J connectivity index is 2.14. The Labute approximate surface area is 122 Å². The lowest BCUT2D eigenvalue weighted by Crippen LogP contribution is -2.48. The minimum Gasteiger partial charge on any atom is -0.292 e. The van der Waals surface area contributed by atoms with Gasteiger partial charge in [0.05, 0.1) is 6.54 Å². The Kier molecular flexibility index (Phi) is 3.82. The summed E-state index contributed by atoms with van der Waals surface area (Å²) < 4.78 is 0. The highest BCUT2D eigenvalue weighted by molar-refractivity contribution is 7.12. The van der Waals surface area contributed by atoms with Crippen molar-refractivity contribution in [3.05, 3.63) is 21.4 Å². The third-order valence-corrected chi connectivity index (χ3v) is 4.47. The first-order chi connectivity index (χ1) is 9.19. The summed E-state index contributed by atoms with van der Waals surface area (Å²) in [5, 5.41) is 0. The summed E-state index contributed by atoms with van der Waals surface area (Å²) in [4.78, 5) is 39.4. The fraction of sp³-hybridized carbons (Fsp3) is 0.533. The molecule has 2 heterocycles. The van der Waals surface area contributed by atoms with Crippen molar-refractivity contribution in [1.29, 1.82) is 0 Å². The smallest absolute Gasteiger partial charge is 0.230 e. The minimum absolute atomic E-state index is 0.134. The minimum atomic E-state index is -0.303. The molecule has 0 saturated carbocycles. The van der Waals surface area contributed by atoms with E-state index < -0.39 is 0 Å². The van der Waals surface area contributed by atoms with Gasteiger partial charge in [-0.05, 0) is 25.3 Å². The monoisotopic (exact) mass is 293 g/mol. The number of ketones is 1. The average molecular weight is 293 g/mol. The normalized spacial score (nSPS) is 18.5. The molecule has 0 unspecified atom stereocenters. The zero-order valence-corrected chi connectivity index (χ0v) is 13.1. The Morgan fingerprint density at radius 3 is 2.25 bits per heavy atom. The molecule has 1 aromatic rings. The number of amides is 2. The van der Waals surface area contributed by atoms with Gasteiger partial charge in [-0.2, -0.15) is 0 Å². The number of nitrogens with zero attached hydrogens (tertiary/aromatic N) is 1. The molecule has 5 heteroatoms. The summed E-state index contributed by atoms with van der Waals surface area (Å²) in [5.41, 5.74) is 0.320. The number of thiophene rings is 1.